The smallest absolute Gasteiger partial charge is 0.412 e. The van der Waals surface area contributed by atoms with Crippen molar-refractivity contribution in [3.8, 4) is 11.1 Å². The molecule has 2 amide bonds. The van der Waals surface area contributed by atoms with E-state index in [0.29, 0.717) is 50.5 Å². The Kier molecular flexibility index (Phi) is 6.43. The number of benzene rings is 2. The number of rotatable bonds is 3. The Bertz CT molecular complexity index is 1810. The summed E-state index contributed by atoms with van der Waals surface area (Å²) in [5.41, 5.74) is 0.729. The summed E-state index contributed by atoms with van der Waals surface area (Å²) in [6, 6.07) is 4.33. The van der Waals surface area contributed by atoms with Crippen LogP contribution in [-0.4, -0.2) is 62.9 Å². The molecule has 224 valence electrons. The minimum atomic E-state index is -0.955. The average molecular weight is 610 g/mol. The summed E-state index contributed by atoms with van der Waals surface area (Å²) in [4.78, 5) is 36.6. The van der Waals surface area contributed by atoms with Gasteiger partial charge in [-0.05, 0) is 62.9 Å². The fraction of sp³-hybridized carbons (Fsp3) is 0.400. The van der Waals surface area contributed by atoms with E-state index in [2.05, 4.69) is 20.2 Å². The first kappa shape index (κ1) is 27.7. The maximum Gasteiger partial charge on any atom is 0.412 e. The number of hydrogen-bond acceptors (Lipinski definition) is 8. The molecule has 43 heavy (non-hydrogen) atoms. The highest BCUT2D eigenvalue weighted by Crippen LogP contribution is 2.47. The predicted molar refractivity (Wildman–Crippen MR) is 158 cm³/mol. The molecule has 2 aromatic heterocycles. The highest BCUT2D eigenvalue weighted by atomic mass is 32.1. The fourth-order valence-electron chi connectivity index (χ4n) is 6.61. The van der Waals surface area contributed by atoms with Gasteiger partial charge in [-0.3, -0.25) is 5.32 Å². The molecule has 10 nitrogen and oxygen atoms in total. The number of aromatic nitrogens is 2. The molecule has 13 heteroatoms. The number of hydrogen-bond donors (Lipinski definition) is 2. The number of carbonyl (C=O) groups excluding carboxylic acids is 1. The number of likely N-dealkylation sites (tertiary alicyclic amines) is 1. The number of piperazine rings is 1. The van der Waals surface area contributed by atoms with Crippen LogP contribution in [0.5, 0.6) is 0 Å². The Balaban J connectivity index is 1.37. The van der Waals surface area contributed by atoms with Crippen molar-refractivity contribution >= 4 is 55.3 Å². The third-order valence-electron chi connectivity index (χ3n) is 8.24. The van der Waals surface area contributed by atoms with Crippen molar-refractivity contribution in [1.82, 2.24) is 14.9 Å². The van der Waals surface area contributed by atoms with Crippen molar-refractivity contribution in [2.75, 3.05) is 23.3 Å². The van der Waals surface area contributed by atoms with Gasteiger partial charge in [0.25, 0.3) is 0 Å². The number of nitrogens with zero attached hydrogens (tertiary/aromatic N) is 4. The summed E-state index contributed by atoms with van der Waals surface area (Å²) in [5.74, 6) is -0.745. The molecule has 0 saturated carbocycles. The van der Waals surface area contributed by atoms with E-state index in [1.807, 2.05) is 0 Å². The topological polar surface area (TPSA) is 117 Å². The van der Waals surface area contributed by atoms with E-state index in [0.717, 1.165) is 12.8 Å². The number of carboxylic acid groups (broad SMARTS) is 1. The van der Waals surface area contributed by atoms with E-state index in [9.17, 15) is 14.7 Å². The minimum absolute atomic E-state index is 0.0584. The van der Waals surface area contributed by atoms with Crippen LogP contribution in [0.1, 0.15) is 44.7 Å². The van der Waals surface area contributed by atoms with E-state index in [4.69, 9.17) is 9.47 Å². The van der Waals surface area contributed by atoms with Crippen LogP contribution in [0, 0.1) is 11.6 Å². The lowest BCUT2D eigenvalue weighted by Gasteiger charge is -2.41. The number of nitrogens with one attached hydrogen (secondary N) is 1. The van der Waals surface area contributed by atoms with Crippen molar-refractivity contribution in [3.05, 3.63) is 47.3 Å². The van der Waals surface area contributed by atoms with Gasteiger partial charge in [-0.25, -0.2) is 28.3 Å². The molecule has 2 unspecified atom stereocenters. The molecule has 0 spiro atoms. The van der Waals surface area contributed by atoms with Crippen molar-refractivity contribution in [2.45, 2.75) is 64.5 Å². The highest BCUT2D eigenvalue weighted by molar-refractivity contribution is 7.23. The van der Waals surface area contributed by atoms with Crippen LogP contribution in [-0.2, 0) is 22.7 Å². The lowest BCUT2D eigenvalue weighted by molar-refractivity contribution is 0.0636. The first-order valence-corrected chi connectivity index (χ1v) is 14.9. The lowest BCUT2D eigenvalue weighted by atomic mass is 9.91. The maximum atomic E-state index is 16.7. The summed E-state index contributed by atoms with van der Waals surface area (Å²) < 4.78 is 44.3. The fourth-order valence-corrected chi connectivity index (χ4v) is 7.57. The molecule has 0 aliphatic carbocycles. The molecule has 3 aliphatic heterocycles. The molecule has 2 bridgehead atoms. The van der Waals surface area contributed by atoms with Gasteiger partial charge in [0.05, 0.1) is 23.6 Å². The van der Waals surface area contributed by atoms with Crippen LogP contribution in [0.3, 0.4) is 0 Å². The van der Waals surface area contributed by atoms with Gasteiger partial charge in [0, 0.05) is 46.4 Å². The zero-order valence-electron chi connectivity index (χ0n) is 23.7. The number of fused-ring (bicyclic) bond motifs is 6. The first-order chi connectivity index (χ1) is 20.5. The molecule has 2 fully saturated rings. The largest absolute Gasteiger partial charge is 0.465 e. The monoisotopic (exact) mass is 609 g/mol. The second-order valence-electron chi connectivity index (χ2n) is 12.1. The minimum Gasteiger partial charge on any atom is -0.465 e. The van der Waals surface area contributed by atoms with Crippen LogP contribution in [0.2, 0.25) is 0 Å². The van der Waals surface area contributed by atoms with E-state index in [1.165, 1.54) is 28.6 Å². The Hall–Kier alpha value is -4.10. The number of amides is 2. The van der Waals surface area contributed by atoms with Gasteiger partial charge in [0.2, 0.25) is 0 Å². The average Bonchev–Trinajstić information content (AvgIpc) is 3.64. The normalized spacial score (nSPS) is 19.7. The Morgan fingerprint density at radius 1 is 1.09 bits per heavy atom. The van der Waals surface area contributed by atoms with Gasteiger partial charge in [-0.2, -0.15) is 0 Å². The highest BCUT2D eigenvalue weighted by Gasteiger charge is 2.43. The number of ether oxygens (including phenoxy) is 2. The maximum absolute atomic E-state index is 16.7. The molecular formula is C30H29F2N5O5S. The molecule has 2 saturated heterocycles. The third kappa shape index (κ3) is 4.61. The zero-order valence-corrected chi connectivity index (χ0v) is 24.6. The molecule has 4 aromatic rings. The van der Waals surface area contributed by atoms with Crippen LogP contribution in [0.4, 0.5) is 29.2 Å². The number of thiophene rings is 1. The van der Waals surface area contributed by atoms with Crippen molar-refractivity contribution in [1.29, 1.82) is 0 Å². The van der Waals surface area contributed by atoms with Crippen molar-refractivity contribution in [2.24, 2.45) is 0 Å². The summed E-state index contributed by atoms with van der Waals surface area (Å²) in [6.07, 6.45) is 1.30. The number of anilines is 2. The Morgan fingerprint density at radius 3 is 2.51 bits per heavy atom. The summed E-state index contributed by atoms with van der Waals surface area (Å²) >= 11 is 1.23. The van der Waals surface area contributed by atoms with Crippen LogP contribution < -0.4 is 10.2 Å². The second-order valence-corrected chi connectivity index (χ2v) is 13.2. The van der Waals surface area contributed by atoms with Gasteiger partial charge in [-0.1, -0.05) is 0 Å². The first-order valence-electron chi connectivity index (χ1n) is 14.0. The van der Waals surface area contributed by atoms with Gasteiger partial charge >= 0.3 is 12.2 Å². The van der Waals surface area contributed by atoms with Gasteiger partial charge in [0.15, 0.2) is 5.82 Å². The van der Waals surface area contributed by atoms with Crippen LogP contribution >= 0.6 is 11.3 Å². The van der Waals surface area contributed by atoms with E-state index in [1.54, 1.807) is 32.9 Å². The van der Waals surface area contributed by atoms with Gasteiger partial charge in [0.1, 0.15) is 29.1 Å². The SMILES string of the molecule is CC(C)(C)OC(=O)Nc1cc2c(-c3c4c(c5c(N6C7CCC6CN(C(=O)O)C7)ncnc5c3F)COC4)c(F)ccc2s1. The Morgan fingerprint density at radius 2 is 1.81 bits per heavy atom. The molecule has 2 N–H and O–H groups in total. The zero-order chi connectivity index (χ0) is 30.2. The molecule has 0 radical (unpaired) electrons. The summed E-state index contributed by atoms with van der Waals surface area (Å²) in [5, 5.41) is 13.7. The predicted octanol–water partition coefficient (Wildman–Crippen LogP) is 6.50. The van der Waals surface area contributed by atoms with E-state index < -0.39 is 29.4 Å². The summed E-state index contributed by atoms with van der Waals surface area (Å²) in [7, 11) is 0. The van der Waals surface area contributed by atoms with Crippen molar-refractivity contribution in [3.63, 3.8) is 0 Å². The molecule has 5 heterocycles. The van der Waals surface area contributed by atoms with Gasteiger partial charge < -0.3 is 24.4 Å². The lowest BCUT2D eigenvalue weighted by Crippen LogP contribution is -2.55. The molecular weight excluding hydrogens is 580 g/mol. The van der Waals surface area contributed by atoms with E-state index >= 15 is 8.78 Å². The number of halogens is 2. The molecule has 2 aromatic carbocycles. The summed E-state index contributed by atoms with van der Waals surface area (Å²) in [6.45, 7) is 6.19. The second kappa shape index (κ2) is 9.98. The molecule has 7 rings (SSSR count). The number of carbonyl (C=O) groups is 2. The third-order valence-corrected chi connectivity index (χ3v) is 9.25. The quantitative estimate of drug-likeness (QED) is 0.271. The van der Waals surface area contributed by atoms with E-state index in [-0.39, 0.29) is 41.9 Å². The molecule has 3 aliphatic rings. The standard InChI is InChI=1S/C30H29F2N5O5S/c1-30(2,3)42-28(38)35-21-8-16-20(43-21)7-6-19(31)22(16)23-17-11-41-12-18(17)24-26(25(23)32)33-13-34-27(24)37-14-4-5-15(37)10-36(9-14)29(39)40/h6-8,13-15H,4-5,9-12H2,1-3H3,(H,35,38)(H,39,40). The van der Waals surface area contributed by atoms with Crippen LogP contribution in [0.25, 0.3) is 32.1 Å². The van der Waals surface area contributed by atoms with Crippen LogP contribution in [0.15, 0.2) is 24.5 Å². The Labute approximate surface area is 249 Å². The molecule has 2 atom stereocenters. The van der Waals surface area contributed by atoms with Gasteiger partial charge in [-0.15, -0.1) is 11.3 Å². The van der Waals surface area contributed by atoms with Crippen molar-refractivity contribution < 1.29 is 33.0 Å².